The van der Waals surface area contributed by atoms with E-state index in [0.717, 1.165) is 30.2 Å². The van der Waals surface area contributed by atoms with Crippen molar-refractivity contribution in [3.05, 3.63) is 41.7 Å². The number of hydrogen-bond donors (Lipinski definition) is 0. The predicted molar refractivity (Wildman–Crippen MR) is 149 cm³/mol. The van der Waals surface area contributed by atoms with E-state index in [-0.39, 0.29) is 5.82 Å². The van der Waals surface area contributed by atoms with Gasteiger partial charge in [0.25, 0.3) is 0 Å². The Balaban J connectivity index is 1.37. The number of nitrogens with zero attached hydrogens (tertiary/aromatic N) is 2. The van der Waals surface area contributed by atoms with Crippen molar-refractivity contribution >= 4 is 0 Å². The molecular formula is C32H49FN2O. The molecule has 0 radical (unpaired) electrons. The van der Waals surface area contributed by atoms with Crippen LogP contribution in [-0.4, -0.2) is 16.8 Å². The highest BCUT2D eigenvalue weighted by Crippen LogP contribution is 2.34. The van der Waals surface area contributed by atoms with Gasteiger partial charge in [-0.3, -0.25) is 0 Å². The van der Waals surface area contributed by atoms with Crippen LogP contribution in [0.3, 0.4) is 0 Å². The SMILES string of the molecule is CCCCCCCOc1ccc(-c2ccc(CCC3CCC(CCCCCCC)CC3)cc2F)nn1. The van der Waals surface area contributed by atoms with E-state index in [9.17, 15) is 4.39 Å². The standard InChI is InChI=1S/C32H49FN2O/c1-3-5-7-9-11-13-26-14-16-27(17-15-26)18-19-28-20-21-29(30(33)25-28)31-22-23-32(35-34-31)36-24-12-10-8-6-4-2/h20-23,25-27H,3-19,24H2,1-2H3. The lowest BCUT2D eigenvalue weighted by molar-refractivity contribution is 0.248. The minimum Gasteiger partial charge on any atom is -0.477 e. The Morgan fingerprint density at radius 3 is 2.06 bits per heavy atom. The van der Waals surface area contributed by atoms with Gasteiger partial charge >= 0.3 is 0 Å². The Morgan fingerprint density at radius 1 is 0.750 bits per heavy atom. The zero-order chi connectivity index (χ0) is 25.4. The van der Waals surface area contributed by atoms with Crippen LogP contribution >= 0.6 is 0 Å². The predicted octanol–water partition coefficient (Wildman–Crippen LogP) is 9.73. The van der Waals surface area contributed by atoms with Crippen LogP contribution in [0.4, 0.5) is 4.39 Å². The second-order valence-corrected chi connectivity index (χ2v) is 11.0. The van der Waals surface area contributed by atoms with Gasteiger partial charge in [-0.1, -0.05) is 110 Å². The first-order chi connectivity index (χ1) is 17.7. The average molecular weight is 497 g/mol. The summed E-state index contributed by atoms with van der Waals surface area (Å²) >= 11 is 0. The molecule has 1 aromatic heterocycles. The molecule has 0 amide bonds. The fourth-order valence-corrected chi connectivity index (χ4v) is 5.56. The quantitative estimate of drug-likeness (QED) is 0.204. The van der Waals surface area contributed by atoms with Gasteiger partial charge in [0.05, 0.1) is 12.3 Å². The van der Waals surface area contributed by atoms with Gasteiger partial charge in [0, 0.05) is 11.6 Å². The largest absolute Gasteiger partial charge is 0.477 e. The number of aromatic nitrogens is 2. The van der Waals surface area contributed by atoms with E-state index >= 15 is 0 Å². The van der Waals surface area contributed by atoms with E-state index in [1.54, 1.807) is 18.2 Å². The molecule has 0 atom stereocenters. The summed E-state index contributed by atoms with van der Waals surface area (Å²) in [6, 6.07) is 9.21. The van der Waals surface area contributed by atoms with Crippen LogP contribution in [-0.2, 0) is 6.42 Å². The van der Waals surface area contributed by atoms with Gasteiger partial charge in [0.15, 0.2) is 0 Å². The molecule has 1 aliphatic rings. The molecule has 1 fully saturated rings. The Bertz CT molecular complexity index is 846. The lowest BCUT2D eigenvalue weighted by Gasteiger charge is -2.28. The highest BCUT2D eigenvalue weighted by molar-refractivity contribution is 5.60. The molecule has 0 N–H and O–H groups in total. The molecule has 1 aromatic carbocycles. The van der Waals surface area contributed by atoms with Crippen LogP contribution in [0.1, 0.15) is 122 Å². The molecule has 3 nitrogen and oxygen atoms in total. The fraction of sp³-hybridized carbons (Fsp3) is 0.688. The van der Waals surface area contributed by atoms with Crippen LogP contribution in [0.25, 0.3) is 11.3 Å². The van der Waals surface area contributed by atoms with Crippen molar-refractivity contribution in [3.8, 4) is 17.1 Å². The van der Waals surface area contributed by atoms with Gasteiger partial charge in [-0.2, -0.15) is 0 Å². The molecule has 0 spiro atoms. The third kappa shape index (κ3) is 10.2. The number of rotatable bonds is 17. The monoisotopic (exact) mass is 496 g/mol. The number of halogens is 1. The maximum absolute atomic E-state index is 14.9. The summed E-state index contributed by atoms with van der Waals surface area (Å²) < 4.78 is 20.6. The Kier molecular flexibility index (Phi) is 13.3. The third-order valence-electron chi connectivity index (χ3n) is 7.97. The number of benzene rings is 1. The van der Waals surface area contributed by atoms with Crippen LogP contribution in [0.15, 0.2) is 30.3 Å². The summed E-state index contributed by atoms with van der Waals surface area (Å²) in [7, 11) is 0. The molecule has 4 heteroatoms. The first-order valence-electron chi connectivity index (χ1n) is 14.9. The molecule has 1 saturated carbocycles. The van der Waals surface area contributed by atoms with Crippen molar-refractivity contribution in [2.24, 2.45) is 11.8 Å². The normalized spacial score (nSPS) is 17.9. The molecule has 0 unspecified atom stereocenters. The third-order valence-corrected chi connectivity index (χ3v) is 7.97. The Labute approximate surface area is 219 Å². The maximum Gasteiger partial charge on any atom is 0.233 e. The zero-order valence-electron chi connectivity index (χ0n) is 23.0. The van der Waals surface area contributed by atoms with Crippen LogP contribution in [0.5, 0.6) is 5.88 Å². The van der Waals surface area contributed by atoms with Crippen LogP contribution < -0.4 is 4.74 Å². The highest BCUT2D eigenvalue weighted by atomic mass is 19.1. The lowest BCUT2D eigenvalue weighted by atomic mass is 9.77. The molecular weight excluding hydrogens is 447 g/mol. The van der Waals surface area contributed by atoms with Crippen LogP contribution in [0, 0.1) is 17.7 Å². The molecule has 0 bridgehead atoms. The molecule has 1 heterocycles. The molecule has 0 saturated heterocycles. The summed E-state index contributed by atoms with van der Waals surface area (Å²) in [5.41, 5.74) is 2.16. The molecule has 1 aliphatic carbocycles. The molecule has 0 aliphatic heterocycles. The minimum atomic E-state index is -0.210. The average Bonchev–Trinajstić information content (AvgIpc) is 2.90. The van der Waals surface area contributed by atoms with E-state index in [1.807, 2.05) is 6.07 Å². The van der Waals surface area contributed by atoms with Gasteiger partial charge in [-0.25, -0.2) is 4.39 Å². The van der Waals surface area contributed by atoms with Crippen molar-refractivity contribution in [1.29, 1.82) is 0 Å². The number of unbranched alkanes of at least 4 members (excludes halogenated alkanes) is 8. The van der Waals surface area contributed by atoms with E-state index < -0.39 is 0 Å². The topological polar surface area (TPSA) is 35.0 Å². The fourth-order valence-electron chi connectivity index (χ4n) is 5.56. The summed E-state index contributed by atoms with van der Waals surface area (Å²) in [5.74, 6) is 2.05. The van der Waals surface area contributed by atoms with E-state index in [1.165, 1.54) is 96.3 Å². The Hall–Kier alpha value is -1.97. The summed E-state index contributed by atoms with van der Waals surface area (Å²) in [6.45, 7) is 5.15. The summed E-state index contributed by atoms with van der Waals surface area (Å²) in [5, 5.41) is 8.36. The zero-order valence-corrected chi connectivity index (χ0v) is 23.0. The van der Waals surface area contributed by atoms with Crippen molar-refractivity contribution < 1.29 is 9.13 Å². The van der Waals surface area contributed by atoms with Crippen molar-refractivity contribution in [1.82, 2.24) is 10.2 Å². The second kappa shape index (κ2) is 16.7. The number of aryl methyl sites for hydroxylation is 1. The van der Waals surface area contributed by atoms with Gasteiger partial charge < -0.3 is 4.74 Å². The number of hydrogen-bond acceptors (Lipinski definition) is 3. The van der Waals surface area contributed by atoms with Gasteiger partial charge in [0.1, 0.15) is 5.82 Å². The Morgan fingerprint density at radius 2 is 1.42 bits per heavy atom. The van der Waals surface area contributed by atoms with Gasteiger partial charge in [0.2, 0.25) is 5.88 Å². The second-order valence-electron chi connectivity index (χ2n) is 11.0. The summed E-state index contributed by atoms with van der Waals surface area (Å²) in [6.07, 6.45) is 22.0. The highest BCUT2D eigenvalue weighted by Gasteiger charge is 2.21. The van der Waals surface area contributed by atoms with Crippen molar-refractivity contribution in [2.75, 3.05) is 6.61 Å². The molecule has 2 aromatic rings. The minimum absolute atomic E-state index is 0.210. The van der Waals surface area contributed by atoms with Gasteiger partial charge in [-0.15, -0.1) is 10.2 Å². The van der Waals surface area contributed by atoms with E-state index in [4.69, 9.17) is 4.74 Å². The van der Waals surface area contributed by atoms with Gasteiger partial charge in [-0.05, 0) is 54.9 Å². The van der Waals surface area contributed by atoms with Crippen molar-refractivity contribution in [2.45, 2.75) is 123 Å². The number of ether oxygens (including phenoxy) is 1. The molecule has 3 rings (SSSR count). The first kappa shape index (κ1) is 28.6. The van der Waals surface area contributed by atoms with E-state index in [2.05, 4.69) is 30.1 Å². The molecule has 36 heavy (non-hydrogen) atoms. The van der Waals surface area contributed by atoms with E-state index in [0.29, 0.717) is 23.7 Å². The molecule has 200 valence electrons. The maximum atomic E-state index is 14.9. The van der Waals surface area contributed by atoms with Crippen molar-refractivity contribution in [3.63, 3.8) is 0 Å². The summed E-state index contributed by atoms with van der Waals surface area (Å²) in [4.78, 5) is 0. The lowest BCUT2D eigenvalue weighted by Crippen LogP contribution is -2.15. The first-order valence-corrected chi connectivity index (χ1v) is 14.9. The van der Waals surface area contributed by atoms with Crippen LogP contribution in [0.2, 0.25) is 0 Å². The smallest absolute Gasteiger partial charge is 0.233 e.